The largest absolute Gasteiger partial charge is 0.481 e. The maximum Gasteiger partial charge on any atom is 0.260 e. The van der Waals surface area contributed by atoms with E-state index >= 15 is 0 Å². The number of hydrogen-bond acceptors (Lipinski definition) is 4. The highest BCUT2D eigenvalue weighted by atomic mass is 19.1. The van der Waals surface area contributed by atoms with Gasteiger partial charge in [-0.25, -0.2) is 4.39 Å². The van der Waals surface area contributed by atoms with Crippen molar-refractivity contribution in [3.63, 3.8) is 0 Å². The van der Waals surface area contributed by atoms with Crippen LogP contribution in [0.5, 0.6) is 5.75 Å². The van der Waals surface area contributed by atoms with Gasteiger partial charge in [0.25, 0.3) is 5.91 Å². The molecule has 0 atom stereocenters. The lowest BCUT2D eigenvalue weighted by Crippen LogP contribution is -2.55. The number of carbonyl (C=O) groups is 3. The molecule has 1 fully saturated rings. The molecule has 1 saturated heterocycles. The first-order valence-corrected chi connectivity index (χ1v) is 8.76. The molecule has 3 rings (SSSR count). The molecule has 1 heterocycles. The molecule has 0 aromatic heterocycles. The smallest absolute Gasteiger partial charge is 0.260 e. The minimum absolute atomic E-state index is 0.0216. The lowest BCUT2D eigenvalue weighted by molar-refractivity contribution is -0.143. The monoisotopic (exact) mass is 385 g/mol. The summed E-state index contributed by atoms with van der Waals surface area (Å²) in [7, 11) is 0. The van der Waals surface area contributed by atoms with Gasteiger partial charge in [0.1, 0.15) is 0 Å². The SMILES string of the molecule is CC(=O)Nc1ccc(NC(=O)C2CN(C(=O)COc3ccccc3F)C2)cc1. The summed E-state index contributed by atoms with van der Waals surface area (Å²) >= 11 is 0. The molecule has 7 nitrogen and oxygen atoms in total. The molecule has 2 aromatic carbocycles. The molecule has 0 aliphatic carbocycles. The average Bonchev–Trinajstić information content (AvgIpc) is 2.61. The van der Waals surface area contributed by atoms with Gasteiger partial charge in [0.05, 0.1) is 5.92 Å². The molecular formula is C20H20FN3O4. The predicted octanol–water partition coefficient (Wildman–Crippen LogP) is 2.26. The van der Waals surface area contributed by atoms with Crippen LogP contribution in [0.1, 0.15) is 6.92 Å². The fourth-order valence-electron chi connectivity index (χ4n) is 2.73. The van der Waals surface area contributed by atoms with Crippen LogP contribution in [-0.2, 0) is 14.4 Å². The third-order valence-corrected chi connectivity index (χ3v) is 4.27. The number of rotatable bonds is 6. The fraction of sp³-hybridized carbons (Fsp3) is 0.250. The van der Waals surface area contributed by atoms with Crippen molar-refractivity contribution in [1.29, 1.82) is 0 Å². The molecule has 3 amide bonds. The van der Waals surface area contributed by atoms with Crippen molar-refractivity contribution in [2.24, 2.45) is 5.92 Å². The van der Waals surface area contributed by atoms with Crippen molar-refractivity contribution in [2.75, 3.05) is 30.3 Å². The van der Waals surface area contributed by atoms with E-state index in [1.54, 1.807) is 30.3 Å². The normalized spacial score (nSPS) is 13.4. The second-order valence-corrected chi connectivity index (χ2v) is 6.46. The van der Waals surface area contributed by atoms with Crippen LogP contribution in [0.3, 0.4) is 0 Å². The molecular weight excluding hydrogens is 365 g/mol. The molecule has 0 saturated carbocycles. The van der Waals surface area contributed by atoms with E-state index in [2.05, 4.69) is 10.6 Å². The summed E-state index contributed by atoms with van der Waals surface area (Å²) in [5.41, 5.74) is 1.24. The van der Waals surface area contributed by atoms with Crippen LogP contribution >= 0.6 is 0 Å². The zero-order valence-corrected chi connectivity index (χ0v) is 15.3. The Morgan fingerprint density at radius 2 is 1.64 bits per heavy atom. The Kier molecular flexibility index (Phi) is 5.88. The maximum absolute atomic E-state index is 13.5. The lowest BCUT2D eigenvalue weighted by Gasteiger charge is -2.38. The summed E-state index contributed by atoms with van der Waals surface area (Å²) in [5, 5.41) is 5.42. The first-order valence-electron chi connectivity index (χ1n) is 8.76. The summed E-state index contributed by atoms with van der Waals surface area (Å²) in [6.45, 7) is 1.71. The number of ether oxygens (including phenoxy) is 1. The lowest BCUT2D eigenvalue weighted by atomic mass is 9.99. The second-order valence-electron chi connectivity index (χ2n) is 6.46. The number of benzene rings is 2. The van der Waals surface area contributed by atoms with Gasteiger partial charge in [0.15, 0.2) is 18.2 Å². The van der Waals surface area contributed by atoms with Crippen LogP contribution in [0, 0.1) is 11.7 Å². The van der Waals surface area contributed by atoms with E-state index < -0.39 is 5.82 Å². The number of halogens is 1. The van der Waals surface area contributed by atoms with Gasteiger partial charge in [0.2, 0.25) is 11.8 Å². The molecule has 1 aliphatic rings. The van der Waals surface area contributed by atoms with Gasteiger partial charge in [-0.3, -0.25) is 14.4 Å². The summed E-state index contributed by atoms with van der Waals surface area (Å²) in [6, 6.07) is 12.6. The van der Waals surface area contributed by atoms with E-state index in [0.717, 1.165) is 0 Å². The second kappa shape index (κ2) is 8.51. The van der Waals surface area contributed by atoms with E-state index in [1.807, 2.05) is 0 Å². The first kappa shape index (κ1) is 19.3. The van der Waals surface area contributed by atoms with E-state index in [9.17, 15) is 18.8 Å². The number of amides is 3. The number of carbonyl (C=O) groups excluding carboxylic acids is 3. The van der Waals surface area contributed by atoms with Crippen molar-refractivity contribution in [1.82, 2.24) is 4.90 Å². The van der Waals surface area contributed by atoms with Crippen molar-refractivity contribution in [3.8, 4) is 5.75 Å². The summed E-state index contributed by atoms with van der Waals surface area (Å²) in [4.78, 5) is 36.8. The van der Waals surface area contributed by atoms with Crippen LogP contribution in [0.25, 0.3) is 0 Å². The van der Waals surface area contributed by atoms with Crippen molar-refractivity contribution >= 4 is 29.1 Å². The Balaban J connectivity index is 1.42. The Morgan fingerprint density at radius 1 is 1.04 bits per heavy atom. The van der Waals surface area contributed by atoms with E-state index in [4.69, 9.17) is 4.74 Å². The quantitative estimate of drug-likeness (QED) is 0.799. The van der Waals surface area contributed by atoms with E-state index in [1.165, 1.54) is 30.0 Å². The van der Waals surface area contributed by atoms with Crippen molar-refractivity contribution < 1.29 is 23.5 Å². The summed E-state index contributed by atoms with van der Waals surface area (Å²) < 4.78 is 18.7. The van der Waals surface area contributed by atoms with Gasteiger partial charge in [0, 0.05) is 31.4 Å². The third-order valence-electron chi connectivity index (χ3n) is 4.27. The number of nitrogens with zero attached hydrogens (tertiary/aromatic N) is 1. The minimum atomic E-state index is -0.527. The van der Waals surface area contributed by atoms with Gasteiger partial charge in [-0.05, 0) is 36.4 Å². The average molecular weight is 385 g/mol. The van der Waals surface area contributed by atoms with Crippen LogP contribution in [0.15, 0.2) is 48.5 Å². The maximum atomic E-state index is 13.5. The van der Waals surface area contributed by atoms with Crippen LogP contribution < -0.4 is 15.4 Å². The first-order chi connectivity index (χ1) is 13.4. The zero-order valence-electron chi connectivity index (χ0n) is 15.3. The molecule has 146 valence electrons. The predicted molar refractivity (Wildman–Crippen MR) is 101 cm³/mol. The molecule has 0 spiro atoms. The Morgan fingerprint density at radius 3 is 2.25 bits per heavy atom. The summed E-state index contributed by atoms with van der Waals surface area (Å²) in [5.74, 6) is -1.48. The highest BCUT2D eigenvalue weighted by molar-refractivity contribution is 5.95. The highest BCUT2D eigenvalue weighted by Gasteiger charge is 2.35. The number of para-hydroxylation sites is 1. The molecule has 1 aliphatic heterocycles. The molecule has 0 unspecified atom stereocenters. The molecule has 8 heteroatoms. The van der Waals surface area contributed by atoms with Gasteiger partial charge in [-0.15, -0.1) is 0 Å². The minimum Gasteiger partial charge on any atom is -0.481 e. The van der Waals surface area contributed by atoms with Gasteiger partial charge in [-0.2, -0.15) is 0 Å². The van der Waals surface area contributed by atoms with Gasteiger partial charge in [-0.1, -0.05) is 12.1 Å². The zero-order chi connectivity index (χ0) is 20.1. The standard InChI is InChI=1S/C20H20FN3O4/c1-13(25)22-15-6-8-16(9-7-15)23-20(27)14-10-24(11-14)19(26)12-28-18-5-3-2-4-17(18)21/h2-9,14H,10-12H2,1H3,(H,22,25)(H,23,27). The summed E-state index contributed by atoms with van der Waals surface area (Å²) in [6.07, 6.45) is 0. The molecule has 0 radical (unpaired) electrons. The molecule has 2 aromatic rings. The van der Waals surface area contributed by atoms with Crippen molar-refractivity contribution in [2.45, 2.75) is 6.92 Å². The molecule has 2 N–H and O–H groups in total. The van der Waals surface area contributed by atoms with Gasteiger partial charge >= 0.3 is 0 Å². The Labute approximate surface area is 161 Å². The van der Waals surface area contributed by atoms with Crippen molar-refractivity contribution in [3.05, 3.63) is 54.3 Å². The van der Waals surface area contributed by atoms with Crippen LogP contribution in [0.2, 0.25) is 0 Å². The van der Waals surface area contributed by atoms with Crippen LogP contribution in [-0.4, -0.2) is 42.3 Å². The topological polar surface area (TPSA) is 87.7 Å². The Bertz CT molecular complexity index is 879. The van der Waals surface area contributed by atoms with E-state index in [0.29, 0.717) is 11.4 Å². The fourth-order valence-corrected chi connectivity index (χ4v) is 2.73. The number of hydrogen-bond donors (Lipinski definition) is 2. The molecule has 0 bridgehead atoms. The van der Waals surface area contributed by atoms with Gasteiger partial charge < -0.3 is 20.3 Å². The highest BCUT2D eigenvalue weighted by Crippen LogP contribution is 2.21. The third kappa shape index (κ3) is 4.85. The number of anilines is 2. The molecule has 28 heavy (non-hydrogen) atoms. The number of likely N-dealkylation sites (tertiary alicyclic amines) is 1. The van der Waals surface area contributed by atoms with Crippen LogP contribution in [0.4, 0.5) is 15.8 Å². The van der Waals surface area contributed by atoms with E-state index in [-0.39, 0.29) is 49.1 Å². The number of nitrogens with one attached hydrogen (secondary N) is 2. The Hall–Kier alpha value is -3.42.